The monoisotopic (exact) mass is 531 g/mol. The lowest BCUT2D eigenvalue weighted by Gasteiger charge is -2.33. The second-order valence-electron chi connectivity index (χ2n) is 8.37. The maximum absolute atomic E-state index is 12.9. The second kappa shape index (κ2) is 10.4. The molecule has 198 valence electrons. The Balaban J connectivity index is 1.21. The van der Waals surface area contributed by atoms with Crippen molar-refractivity contribution in [3.63, 3.8) is 0 Å². The Hall–Kier alpha value is -4.56. The molecule has 1 amide bonds. The fraction of sp³-hybridized carbons (Fsp3) is 0.304. The van der Waals surface area contributed by atoms with E-state index in [-0.39, 0.29) is 37.0 Å². The summed E-state index contributed by atoms with van der Waals surface area (Å²) < 4.78 is 59.0. The summed E-state index contributed by atoms with van der Waals surface area (Å²) in [6.07, 6.45) is -0.204. The zero-order valence-corrected chi connectivity index (χ0v) is 20.0. The zero-order valence-electron chi connectivity index (χ0n) is 20.0. The van der Waals surface area contributed by atoms with E-state index in [9.17, 15) is 22.4 Å². The molecule has 0 spiro atoms. The fourth-order valence-electron chi connectivity index (χ4n) is 3.93. The lowest BCUT2D eigenvalue weighted by molar-refractivity contribution is -0.117. The first-order valence-corrected chi connectivity index (χ1v) is 11.4. The molecule has 38 heavy (non-hydrogen) atoms. The van der Waals surface area contributed by atoms with Crippen LogP contribution in [-0.4, -0.2) is 60.5 Å². The highest BCUT2D eigenvalue weighted by Gasteiger charge is 2.27. The largest absolute Gasteiger partial charge is 0.470 e. The average Bonchev–Trinajstić information content (AvgIpc) is 3.55. The smallest absolute Gasteiger partial charge is 0.333 e. The molecule has 0 aliphatic carbocycles. The van der Waals surface area contributed by atoms with Gasteiger partial charge in [-0.1, -0.05) is 17.3 Å². The summed E-state index contributed by atoms with van der Waals surface area (Å²) in [6, 6.07) is 8.97. The minimum atomic E-state index is -2.78. The number of nitrogens with zero attached hydrogens (tertiary/aromatic N) is 9. The first kappa shape index (κ1) is 25.1. The van der Waals surface area contributed by atoms with Crippen molar-refractivity contribution in [1.29, 1.82) is 0 Å². The number of aromatic nitrogens is 7. The van der Waals surface area contributed by atoms with Crippen LogP contribution in [-0.2, 0) is 11.4 Å². The van der Waals surface area contributed by atoms with Gasteiger partial charge in [-0.3, -0.25) is 4.79 Å². The maximum atomic E-state index is 12.9. The number of aryl methyl sites for hydroxylation is 1. The fourth-order valence-corrected chi connectivity index (χ4v) is 3.93. The molecule has 4 aromatic rings. The molecule has 0 N–H and O–H groups in total. The van der Waals surface area contributed by atoms with Gasteiger partial charge in [-0.2, -0.15) is 13.9 Å². The third-order valence-electron chi connectivity index (χ3n) is 5.97. The summed E-state index contributed by atoms with van der Waals surface area (Å²) in [5.41, 5.74) is 1.98. The highest BCUT2D eigenvalue weighted by molar-refractivity contribution is 5.97. The molecule has 4 heterocycles. The van der Waals surface area contributed by atoms with Crippen LogP contribution in [0.1, 0.15) is 29.9 Å². The summed E-state index contributed by atoms with van der Waals surface area (Å²) in [5, 5.41) is 19.9. The van der Waals surface area contributed by atoms with E-state index in [4.69, 9.17) is 4.74 Å². The Labute approximate surface area is 213 Å². The predicted molar refractivity (Wildman–Crippen MR) is 125 cm³/mol. The topological polar surface area (TPSA) is 107 Å². The number of carbonyl (C=O) groups is 1. The van der Waals surface area contributed by atoms with E-state index in [1.807, 2.05) is 0 Å². The van der Waals surface area contributed by atoms with Crippen molar-refractivity contribution >= 4 is 17.4 Å². The molecule has 15 heteroatoms. The summed E-state index contributed by atoms with van der Waals surface area (Å²) in [5.74, 6) is 0.388. The number of benzene rings is 1. The van der Waals surface area contributed by atoms with Gasteiger partial charge in [-0.25, -0.2) is 18.1 Å². The number of amides is 1. The van der Waals surface area contributed by atoms with Crippen LogP contribution in [0, 0.1) is 6.92 Å². The number of hydrogen-bond acceptors (Lipinski definition) is 8. The van der Waals surface area contributed by atoms with E-state index in [2.05, 4.69) is 25.6 Å². The van der Waals surface area contributed by atoms with E-state index in [1.54, 1.807) is 24.0 Å². The summed E-state index contributed by atoms with van der Waals surface area (Å²) >= 11 is 0. The van der Waals surface area contributed by atoms with Crippen molar-refractivity contribution in [2.45, 2.75) is 26.5 Å². The lowest BCUT2D eigenvalue weighted by atomic mass is 10.2. The number of hydrogen-bond donors (Lipinski definition) is 0. The van der Waals surface area contributed by atoms with Crippen LogP contribution in [0.3, 0.4) is 0 Å². The van der Waals surface area contributed by atoms with Crippen LogP contribution in [0.15, 0.2) is 48.8 Å². The third-order valence-corrected chi connectivity index (χ3v) is 5.97. The molecule has 0 radical (unpaired) electrons. The lowest BCUT2D eigenvalue weighted by Crippen LogP contribution is -2.50. The number of halogens is 4. The molecule has 5 rings (SSSR count). The first-order valence-electron chi connectivity index (χ1n) is 11.4. The zero-order chi connectivity index (χ0) is 26.8. The molecule has 3 aromatic heterocycles. The number of rotatable bonds is 8. The van der Waals surface area contributed by atoms with Gasteiger partial charge >= 0.3 is 6.55 Å². The Kier molecular flexibility index (Phi) is 6.89. The minimum Gasteiger partial charge on any atom is -0.470 e. The van der Waals surface area contributed by atoms with Gasteiger partial charge in [0.15, 0.2) is 5.82 Å². The van der Waals surface area contributed by atoms with Gasteiger partial charge in [-0.05, 0) is 25.1 Å². The molecule has 0 unspecified atom stereocenters. The number of piperazine rings is 1. The average molecular weight is 531 g/mol. The highest BCUT2D eigenvalue weighted by Crippen LogP contribution is 2.23. The Morgan fingerprint density at radius 3 is 2.39 bits per heavy atom. The number of alkyl halides is 4. The molecule has 11 nitrogen and oxygen atoms in total. The molecule has 0 atom stereocenters. The Bertz CT molecular complexity index is 1410. The molecular weight excluding hydrogens is 510 g/mol. The highest BCUT2D eigenvalue weighted by atomic mass is 19.3. The molecule has 0 bridgehead atoms. The molecular formula is C23H21F4N9O2. The van der Waals surface area contributed by atoms with Gasteiger partial charge in [-0.15, -0.1) is 15.3 Å². The van der Waals surface area contributed by atoms with Crippen molar-refractivity contribution in [2.24, 2.45) is 0 Å². The maximum Gasteiger partial charge on any atom is 0.333 e. The van der Waals surface area contributed by atoms with E-state index in [0.29, 0.717) is 39.8 Å². The molecule has 1 saturated heterocycles. The predicted octanol–water partition coefficient (Wildman–Crippen LogP) is 3.33. The number of ether oxygens (including phenoxy) is 1. The van der Waals surface area contributed by atoms with Gasteiger partial charge in [0.25, 0.3) is 6.43 Å². The van der Waals surface area contributed by atoms with Crippen molar-refractivity contribution < 1.29 is 27.1 Å². The van der Waals surface area contributed by atoms with Crippen LogP contribution in [0.4, 0.5) is 29.1 Å². The first-order chi connectivity index (χ1) is 18.3. The van der Waals surface area contributed by atoms with Gasteiger partial charge in [0, 0.05) is 24.7 Å². The van der Waals surface area contributed by atoms with E-state index in [1.165, 1.54) is 40.0 Å². The van der Waals surface area contributed by atoms with Crippen molar-refractivity contribution in [1.82, 2.24) is 35.0 Å². The van der Waals surface area contributed by atoms with Gasteiger partial charge in [0.05, 0.1) is 36.0 Å². The summed E-state index contributed by atoms with van der Waals surface area (Å²) in [6.45, 7) is -0.316. The van der Waals surface area contributed by atoms with Gasteiger partial charge in [0.2, 0.25) is 11.8 Å². The number of anilines is 2. The van der Waals surface area contributed by atoms with Crippen LogP contribution in [0.25, 0.3) is 5.69 Å². The second-order valence-corrected chi connectivity index (χ2v) is 8.37. The molecule has 1 aliphatic heterocycles. The minimum absolute atomic E-state index is 0.0108. The van der Waals surface area contributed by atoms with Crippen LogP contribution < -0.4 is 14.5 Å². The molecule has 1 aromatic carbocycles. The SMILES string of the molecule is Cc1nnn(-c2ccc(C(F)F)cc2)c1COc1ccc(N2CCN(c3cnn(C(F)F)c3)C(=O)C2)nn1. The Morgan fingerprint density at radius 1 is 0.974 bits per heavy atom. The third kappa shape index (κ3) is 5.12. The quantitative estimate of drug-likeness (QED) is 0.319. The van der Waals surface area contributed by atoms with E-state index >= 15 is 0 Å². The van der Waals surface area contributed by atoms with Crippen molar-refractivity contribution in [3.8, 4) is 11.6 Å². The standard InChI is InChI=1S/C23H21F4N9O2/c1-14-18(36(32-29-14)16-4-2-15(3-5-16)22(24)25)13-38-20-7-6-19(30-31-20)33-8-9-34(21(37)12-33)17-10-28-35(11-17)23(26)27/h2-7,10-11,22-23H,8-9,12-13H2,1H3. The molecule has 0 saturated carbocycles. The van der Waals surface area contributed by atoms with Crippen molar-refractivity contribution in [2.75, 3.05) is 29.4 Å². The van der Waals surface area contributed by atoms with Gasteiger partial charge < -0.3 is 14.5 Å². The van der Waals surface area contributed by atoms with E-state index in [0.717, 1.165) is 6.20 Å². The summed E-state index contributed by atoms with van der Waals surface area (Å²) in [7, 11) is 0. The molecule has 1 aliphatic rings. The molecule has 1 fully saturated rings. The van der Waals surface area contributed by atoms with Crippen molar-refractivity contribution in [3.05, 3.63) is 65.7 Å². The normalized spacial score (nSPS) is 14.1. The van der Waals surface area contributed by atoms with E-state index < -0.39 is 13.0 Å². The van der Waals surface area contributed by atoms with Gasteiger partial charge in [0.1, 0.15) is 12.3 Å². The van der Waals surface area contributed by atoms with Crippen LogP contribution >= 0.6 is 0 Å². The summed E-state index contributed by atoms with van der Waals surface area (Å²) in [4.78, 5) is 15.7. The van der Waals surface area contributed by atoms with Crippen LogP contribution in [0.2, 0.25) is 0 Å². The Morgan fingerprint density at radius 2 is 1.76 bits per heavy atom. The number of carbonyl (C=O) groups excluding carboxylic acids is 1. The van der Waals surface area contributed by atoms with Crippen LogP contribution in [0.5, 0.6) is 5.88 Å².